The minimum Gasteiger partial charge on any atom is -0.409 e. The number of nitrogens with zero attached hydrogens (tertiary/aromatic N) is 3. The molecular formula is C13H12N4O3S. The zero-order valence-electron chi connectivity index (χ0n) is 10.8. The van der Waals surface area contributed by atoms with Crippen LogP contribution in [0.2, 0.25) is 0 Å². The Kier molecular flexibility index (Phi) is 4.72. The molecule has 0 saturated heterocycles. The van der Waals surface area contributed by atoms with Gasteiger partial charge in [0.25, 0.3) is 5.69 Å². The standard InChI is InChI=1S/C13H12N4O3S/c14-13(16-18)12-9(4-3-7-15-12)8-21-11-6-2-1-5-10(11)17(19)20/h1-7,18H,8H2,(H2,14,16). The topological polar surface area (TPSA) is 115 Å². The van der Waals surface area contributed by atoms with Crippen LogP contribution in [0.15, 0.2) is 52.6 Å². The second-order valence-electron chi connectivity index (χ2n) is 4.01. The molecule has 0 radical (unpaired) electrons. The maximum Gasteiger partial charge on any atom is 0.282 e. The van der Waals surface area contributed by atoms with E-state index in [1.807, 2.05) is 0 Å². The Labute approximate surface area is 124 Å². The van der Waals surface area contributed by atoms with Gasteiger partial charge in [-0.15, -0.1) is 11.8 Å². The van der Waals surface area contributed by atoms with Gasteiger partial charge in [0.05, 0.1) is 9.82 Å². The van der Waals surface area contributed by atoms with Crippen LogP contribution < -0.4 is 5.73 Å². The van der Waals surface area contributed by atoms with Gasteiger partial charge in [-0.05, 0) is 17.7 Å². The molecule has 3 N–H and O–H groups in total. The number of hydrogen-bond donors (Lipinski definition) is 2. The maximum atomic E-state index is 11.0. The Bertz CT molecular complexity index is 691. The molecule has 7 nitrogen and oxygen atoms in total. The highest BCUT2D eigenvalue weighted by Crippen LogP contribution is 2.31. The van der Waals surface area contributed by atoms with Crippen molar-refractivity contribution < 1.29 is 10.1 Å². The summed E-state index contributed by atoms with van der Waals surface area (Å²) in [6, 6.07) is 10.0. The monoisotopic (exact) mass is 304 g/mol. The summed E-state index contributed by atoms with van der Waals surface area (Å²) in [6.07, 6.45) is 1.53. The van der Waals surface area contributed by atoms with E-state index in [9.17, 15) is 10.1 Å². The lowest BCUT2D eigenvalue weighted by atomic mass is 10.2. The van der Waals surface area contributed by atoms with Crippen LogP contribution in [0.1, 0.15) is 11.3 Å². The first-order valence-electron chi connectivity index (χ1n) is 5.91. The summed E-state index contributed by atoms with van der Waals surface area (Å²) in [4.78, 5) is 15.2. The number of rotatable bonds is 5. The molecule has 0 unspecified atom stereocenters. The number of pyridine rings is 1. The first kappa shape index (κ1) is 14.8. The Morgan fingerprint density at radius 3 is 2.86 bits per heavy atom. The van der Waals surface area contributed by atoms with Crippen molar-refractivity contribution in [2.45, 2.75) is 10.6 Å². The fourth-order valence-electron chi connectivity index (χ4n) is 1.72. The van der Waals surface area contributed by atoms with Gasteiger partial charge < -0.3 is 10.9 Å². The number of benzene rings is 1. The van der Waals surface area contributed by atoms with E-state index in [4.69, 9.17) is 10.9 Å². The molecule has 21 heavy (non-hydrogen) atoms. The molecule has 0 spiro atoms. The van der Waals surface area contributed by atoms with Gasteiger partial charge in [-0.25, -0.2) is 0 Å². The van der Waals surface area contributed by atoms with Crippen LogP contribution in [0.25, 0.3) is 0 Å². The third-order valence-corrected chi connectivity index (χ3v) is 3.80. The Hall–Kier alpha value is -2.61. The van der Waals surface area contributed by atoms with E-state index in [2.05, 4.69) is 10.1 Å². The molecule has 2 aromatic rings. The molecule has 8 heteroatoms. The molecule has 0 amide bonds. The lowest BCUT2D eigenvalue weighted by Crippen LogP contribution is -2.17. The average Bonchev–Trinajstić information content (AvgIpc) is 2.52. The molecule has 108 valence electrons. The molecule has 0 saturated carbocycles. The summed E-state index contributed by atoms with van der Waals surface area (Å²) < 4.78 is 0. The summed E-state index contributed by atoms with van der Waals surface area (Å²) in [7, 11) is 0. The summed E-state index contributed by atoms with van der Waals surface area (Å²) in [6.45, 7) is 0. The number of nitrogens with two attached hydrogens (primary N) is 1. The fraction of sp³-hybridized carbons (Fsp3) is 0.0769. The molecule has 2 rings (SSSR count). The van der Waals surface area contributed by atoms with Gasteiger partial charge in [0, 0.05) is 18.0 Å². The minimum absolute atomic E-state index is 0.0525. The van der Waals surface area contributed by atoms with E-state index in [0.29, 0.717) is 16.3 Å². The van der Waals surface area contributed by atoms with E-state index in [-0.39, 0.29) is 11.5 Å². The summed E-state index contributed by atoms with van der Waals surface area (Å²) in [5.74, 6) is 0.332. The van der Waals surface area contributed by atoms with Crippen molar-refractivity contribution in [3.05, 3.63) is 64.0 Å². The van der Waals surface area contributed by atoms with Crippen LogP contribution in [0, 0.1) is 10.1 Å². The minimum atomic E-state index is -0.421. The number of para-hydroxylation sites is 1. The molecule has 1 heterocycles. The van der Waals surface area contributed by atoms with Gasteiger partial charge in [0.2, 0.25) is 0 Å². The number of aromatic nitrogens is 1. The SMILES string of the molecule is NC(=NO)c1ncccc1CSc1ccccc1[N+](=O)[O-]. The molecule has 0 atom stereocenters. The van der Waals surface area contributed by atoms with Gasteiger partial charge in [0.15, 0.2) is 5.84 Å². The fourth-order valence-corrected chi connectivity index (χ4v) is 2.73. The van der Waals surface area contributed by atoms with Gasteiger partial charge >= 0.3 is 0 Å². The summed E-state index contributed by atoms with van der Waals surface area (Å²) in [5, 5.41) is 22.6. The number of thioether (sulfide) groups is 1. The normalized spacial score (nSPS) is 11.3. The van der Waals surface area contributed by atoms with E-state index in [0.717, 1.165) is 5.56 Å². The lowest BCUT2D eigenvalue weighted by molar-refractivity contribution is -0.387. The summed E-state index contributed by atoms with van der Waals surface area (Å²) >= 11 is 1.30. The van der Waals surface area contributed by atoms with Gasteiger partial charge in [-0.3, -0.25) is 15.1 Å². The van der Waals surface area contributed by atoms with Crippen molar-refractivity contribution in [2.24, 2.45) is 10.9 Å². The molecule has 0 aliphatic carbocycles. The Morgan fingerprint density at radius 1 is 1.38 bits per heavy atom. The number of nitro benzene ring substituents is 1. The molecule has 0 bridgehead atoms. The lowest BCUT2D eigenvalue weighted by Gasteiger charge is -2.07. The average molecular weight is 304 g/mol. The maximum absolute atomic E-state index is 11.0. The van der Waals surface area contributed by atoms with Crippen LogP contribution in [-0.4, -0.2) is 21.0 Å². The van der Waals surface area contributed by atoms with Crippen LogP contribution in [0.3, 0.4) is 0 Å². The number of oxime groups is 1. The Morgan fingerprint density at radius 2 is 2.14 bits per heavy atom. The highest BCUT2D eigenvalue weighted by molar-refractivity contribution is 7.98. The predicted octanol–water partition coefficient (Wildman–Crippen LogP) is 2.38. The Balaban J connectivity index is 2.24. The van der Waals surface area contributed by atoms with Crippen LogP contribution in [-0.2, 0) is 5.75 Å². The molecule has 1 aromatic carbocycles. The summed E-state index contributed by atoms with van der Waals surface area (Å²) in [5.41, 5.74) is 6.71. The first-order chi connectivity index (χ1) is 10.1. The third kappa shape index (κ3) is 3.48. The predicted molar refractivity (Wildman–Crippen MR) is 79.4 cm³/mol. The largest absolute Gasteiger partial charge is 0.409 e. The van der Waals surface area contributed by atoms with E-state index < -0.39 is 4.92 Å². The van der Waals surface area contributed by atoms with Crippen molar-refractivity contribution in [1.29, 1.82) is 0 Å². The zero-order chi connectivity index (χ0) is 15.2. The third-order valence-electron chi connectivity index (χ3n) is 2.69. The molecule has 0 aliphatic rings. The molecule has 0 fully saturated rings. The van der Waals surface area contributed by atoms with Crippen LogP contribution in [0.4, 0.5) is 5.69 Å². The molecule has 0 aliphatic heterocycles. The second-order valence-corrected chi connectivity index (χ2v) is 5.03. The van der Waals surface area contributed by atoms with E-state index in [1.165, 1.54) is 24.0 Å². The number of amidine groups is 1. The number of nitro groups is 1. The second kappa shape index (κ2) is 6.71. The molecule has 1 aromatic heterocycles. The van der Waals surface area contributed by atoms with Gasteiger partial charge in [0.1, 0.15) is 5.69 Å². The van der Waals surface area contributed by atoms with Crippen LogP contribution >= 0.6 is 11.8 Å². The smallest absolute Gasteiger partial charge is 0.282 e. The zero-order valence-corrected chi connectivity index (χ0v) is 11.7. The van der Waals surface area contributed by atoms with Crippen molar-refractivity contribution in [1.82, 2.24) is 4.98 Å². The highest BCUT2D eigenvalue weighted by atomic mass is 32.2. The molecular weight excluding hydrogens is 292 g/mol. The van der Waals surface area contributed by atoms with Gasteiger partial charge in [-0.1, -0.05) is 23.4 Å². The van der Waals surface area contributed by atoms with Gasteiger partial charge in [-0.2, -0.15) is 0 Å². The van der Waals surface area contributed by atoms with Crippen molar-refractivity contribution >= 4 is 23.3 Å². The van der Waals surface area contributed by atoms with Crippen LogP contribution in [0.5, 0.6) is 0 Å². The highest BCUT2D eigenvalue weighted by Gasteiger charge is 2.14. The van der Waals surface area contributed by atoms with E-state index in [1.54, 1.807) is 30.3 Å². The number of hydrogen-bond acceptors (Lipinski definition) is 6. The van der Waals surface area contributed by atoms with E-state index >= 15 is 0 Å². The first-order valence-corrected chi connectivity index (χ1v) is 6.90. The van der Waals surface area contributed by atoms with Crippen molar-refractivity contribution in [3.8, 4) is 0 Å². The van der Waals surface area contributed by atoms with Crippen molar-refractivity contribution in [2.75, 3.05) is 0 Å². The van der Waals surface area contributed by atoms with Crippen molar-refractivity contribution in [3.63, 3.8) is 0 Å². The quantitative estimate of drug-likeness (QED) is 0.219.